The first-order valence-electron chi connectivity index (χ1n) is 10.1. The molecule has 0 fully saturated rings. The summed E-state index contributed by atoms with van der Waals surface area (Å²) in [6.45, 7) is 11.6. The Labute approximate surface area is 211 Å². The third kappa shape index (κ3) is 15.5. The Hall–Kier alpha value is -1.92. The van der Waals surface area contributed by atoms with Crippen LogP contribution in [0.25, 0.3) is 0 Å². The lowest BCUT2D eigenvalue weighted by Crippen LogP contribution is -2.33. The number of aliphatic hydroxyl groups excluding tert-OH is 1. The summed E-state index contributed by atoms with van der Waals surface area (Å²) in [5.41, 5.74) is -1.05. The molecule has 1 aromatic rings. The van der Waals surface area contributed by atoms with Gasteiger partial charge in [0.05, 0.1) is 19.8 Å². The largest absolute Gasteiger partial charge is 0.476 e. The summed E-state index contributed by atoms with van der Waals surface area (Å²) in [5.74, 6) is 0.330. The Morgan fingerprint density at radius 2 is 1.61 bits per heavy atom. The van der Waals surface area contributed by atoms with Crippen LogP contribution < -0.4 is 4.74 Å². The lowest BCUT2D eigenvalue weighted by atomic mass is 10.2. The number of alkyl halides is 2. The number of carbonyl (C=O) groups excluding carboxylic acids is 3. The molecular weight excluding hydrogens is 566 g/mol. The number of aliphatic hydroxyl groups is 1. The second-order valence-corrected chi connectivity index (χ2v) is 10.0. The Kier molecular flexibility index (Phi) is 14.2. The molecule has 0 radical (unpaired) electrons. The van der Waals surface area contributed by atoms with E-state index in [4.69, 9.17) is 19.3 Å². The molecule has 1 aromatic heterocycles. The number of halogens is 2. The molecule has 188 valence electrons. The predicted octanol–water partition coefficient (Wildman–Crippen LogP) is 4.13. The van der Waals surface area contributed by atoms with Gasteiger partial charge in [0.15, 0.2) is 5.78 Å². The second-order valence-electron chi connectivity index (χ2n) is 8.42. The van der Waals surface area contributed by atoms with E-state index in [2.05, 4.69) is 37.0 Å². The Bertz CT molecular complexity index is 782. The first-order chi connectivity index (χ1) is 15.2. The van der Waals surface area contributed by atoms with Gasteiger partial charge in [-0.2, -0.15) is 4.68 Å². The maximum Gasteiger partial charge on any atom is 0.435 e. The average Bonchev–Trinajstić information content (AvgIpc) is 3.33. The van der Waals surface area contributed by atoms with Crippen LogP contribution in [0.2, 0.25) is 0 Å². The molecule has 10 nitrogen and oxygen atoms in total. The molecule has 0 spiro atoms. The molecule has 0 bridgehead atoms. The summed E-state index contributed by atoms with van der Waals surface area (Å²) in [6, 6.07) is 1.62. The van der Waals surface area contributed by atoms with E-state index >= 15 is 0 Å². The zero-order chi connectivity index (χ0) is 25.7. The number of carbonyl (C=O) groups is 3. The molecule has 1 amide bonds. The van der Waals surface area contributed by atoms with Crippen molar-refractivity contribution < 1.29 is 33.7 Å². The summed E-state index contributed by atoms with van der Waals surface area (Å²) < 4.78 is 16.5. The standard InChI is InChI=1S/C10H15BrN2O3.C9H13NO3.C2H5BrO/c1-10(2,3)16-9(14)13-6-4-8(12-13)15-7-5-11;1-9(2,3)13-8(12)10-5-4-7(11)6-10;3-1-2-4/h4,6H,5,7H2,1-3H3;4-5H,6H2,1-3H3;4H,1-2H2. The summed E-state index contributed by atoms with van der Waals surface area (Å²) in [5, 5.41) is 13.2. The molecule has 0 saturated carbocycles. The summed E-state index contributed by atoms with van der Waals surface area (Å²) in [4.78, 5) is 34.9. The summed E-state index contributed by atoms with van der Waals surface area (Å²) in [6.07, 6.45) is 3.33. The number of nitrogens with zero attached hydrogens (tertiary/aromatic N) is 3. The highest BCUT2D eigenvalue weighted by atomic mass is 79.9. The molecule has 0 aliphatic carbocycles. The predicted molar refractivity (Wildman–Crippen MR) is 131 cm³/mol. The van der Waals surface area contributed by atoms with Crippen LogP contribution >= 0.6 is 31.9 Å². The number of ether oxygens (including phenoxy) is 3. The molecule has 0 saturated heterocycles. The molecule has 12 heteroatoms. The quantitative estimate of drug-likeness (QED) is 0.514. The van der Waals surface area contributed by atoms with E-state index in [9.17, 15) is 14.4 Å². The van der Waals surface area contributed by atoms with E-state index in [0.717, 1.165) is 4.68 Å². The minimum atomic E-state index is -0.528. The van der Waals surface area contributed by atoms with Crippen LogP contribution in [-0.2, 0) is 14.3 Å². The van der Waals surface area contributed by atoms with Crippen LogP contribution in [-0.4, -0.2) is 79.4 Å². The van der Waals surface area contributed by atoms with Crippen molar-refractivity contribution in [3.8, 4) is 5.88 Å². The van der Waals surface area contributed by atoms with Crippen LogP contribution in [0.1, 0.15) is 41.5 Å². The van der Waals surface area contributed by atoms with Gasteiger partial charge in [-0.05, 0) is 47.6 Å². The van der Waals surface area contributed by atoms with Gasteiger partial charge in [0.2, 0.25) is 5.88 Å². The van der Waals surface area contributed by atoms with E-state index in [1.54, 1.807) is 47.6 Å². The number of amides is 1. The highest BCUT2D eigenvalue weighted by molar-refractivity contribution is 9.09. The molecule has 0 unspecified atom stereocenters. The van der Waals surface area contributed by atoms with Crippen molar-refractivity contribution in [2.45, 2.75) is 52.7 Å². The second kappa shape index (κ2) is 15.1. The molecule has 0 aromatic carbocycles. The van der Waals surface area contributed by atoms with Crippen LogP contribution in [0, 0.1) is 0 Å². The smallest absolute Gasteiger partial charge is 0.435 e. The highest BCUT2D eigenvalue weighted by Crippen LogP contribution is 2.12. The molecule has 0 atom stereocenters. The van der Waals surface area contributed by atoms with E-state index in [1.807, 2.05) is 0 Å². The molecular formula is C21H33Br2N3O7. The fourth-order valence-corrected chi connectivity index (χ4v) is 1.99. The zero-order valence-corrected chi connectivity index (χ0v) is 23.0. The van der Waals surface area contributed by atoms with Crippen LogP contribution in [0.5, 0.6) is 5.88 Å². The summed E-state index contributed by atoms with van der Waals surface area (Å²) >= 11 is 6.23. The van der Waals surface area contributed by atoms with Gasteiger partial charge in [0.25, 0.3) is 0 Å². The first-order valence-corrected chi connectivity index (χ1v) is 12.3. The van der Waals surface area contributed by atoms with Crippen molar-refractivity contribution in [2.24, 2.45) is 0 Å². The molecule has 33 heavy (non-hydrogen) atoms. The summed E-state index contributed by atoms with van der Waals surface area (Å²) in [7, 11) is 0. The van der Waals surface area contributed by atoms with Gasteiger partial charge in [0, 0.05) is 29.1 Å². The maximum absolute atomic E-state index is 11.6. The van der Waals surface area contributed by atoms with E-state index in [1.165, 1.54) is 23.4 Å². The van der Waals surface area contributed by atoms with Crippen molar-refractivity contribution in [2.75, 3.05) is 30.4 Å². The number of hydrogen-bond donors (Lipinski definition) is 1. The zero-order valence-electron chi connectivity index (χ0n) is 19.8. The van der Waals surface area contributed by atoms with Crippen molar-refractivity contribution in [1.29, 1.82) is 0 Å². The van der Waals surface area contributed by atoms with Crippen LogP contribution in [0.15, 0.2) is 24.5 Å². The van der Waals surface area contributed by atoms with Gasteiger partial charge < -0.3 is 19.3 Å². The SMILES string of the molecule is CC(C)(C)OC(=O)N1C=CC(=O)C1.CC(C)(C)OC(=O)n1ccc(OCCBr)n1.OCCBr. The number of hydrogen-bond acceptors (Lipinski definition) is 8. The highest BCUT2D eigenvalue weighted by Gasteiger charge is 2.24. The number of ketones is 1. The Morgan fingerprint density at radius 3 is 2.03 bits per heavy atom. The van der Waals surface area contributed by atoms with Gasteiger partial charge in [-0.1, -0.05) is 31.9 Å². The van der Waals surface area contributed by atoms with Crippen molar-refractivity contribution >= 4 is 49.8 Å². The van der Waals surface area contributed by atoms with Gasteiger partial charge in [-0.15, -0.1) is 5.10 Å². The normalized spacial score (nSPS) is 12.9. The lowest BCUT2D eigenvalue weighted by molar-refractivity contribution is -0.114. The molecule has 1 N–H and O–H groups in total. The van der Waals surface area contributed by atoms with Crippen LogP contribution in [0.3, 0.4) is 0 Å². The van der Waals surface area contributed by atoms with Crippen LogP contribution in [0.4, 0.5) is 9.59 Å². The minimum Gasteiger partial charge on any atom is -0.476 e. The molecule has 2 rings (SSSR count). The maximum atomic E-state index is 11.6. The van der Waals surface area contributed by atoms with Gasteiger partial charge in [-0.25, -0.2) is 9.59 Å². The van der Waals surface area contributed by atoms with E-state index < -0.39 is 23.4 Å². The van der Waals surface area contributed by atoms with Gasteiger partial charge in [0.1, 0.15) is 11.2 Å². The van der Waals surface area contributed by atoms with Gasteiger partial charge in [-0.3, -0.25) is 9.69 Å². The lowest BCUT2D eigenvalue weighted by Gasteiger charge is -2.22. The van der Waals surface area contributed by atoms with Crippen molar-refractivity contribution in [3.05, 3.63) is 24.5 Å². The van der Waals surface area contributed by atoms with Gasteiger partial charge >= 0.3 is 12.2 Å². The first kappa shape index (κ1) is 31.1. The minimum absolute atomic E-state index is 0.0779. The van der Waals surface area contributed by atoms with Crippen molar-refractivity contribution in [1.82, 2.24) is 14.7 Å². The number of aromatic nitrogens is 2. The van der Waals surface area contributed by atoms with E-state index in [-0.39, 0.29) is 18.9 Å². The fraction of sp³-hybridized carbons (Fsp3) is 0.619. The Morgan fingerprint density at radius 1 is 1.06 bits per heavy atom. The third-order valence-electron chi connectivity index (χ3n) is 2.95. The molecule has 1 aliphatic heterocycles. The monoisotopic (exact) mass is 597 g/mol. The average molecular weight is 599 g/mol. The third-order valence-corrected chi connectivity index (χ3v) is 3.63. The van der Waals surface area contributed by atoms with E-state index in [0.29, 0.717) is 23.1 Å². The Balaban J connectivity index is 0.000000542. The van der Waals surface area contributed by atoms with Crippen molar-refractivity contribution in [3.63, 3.8) is 0 Å². The fourth-order valence-electron chi connectivity index (χ4n) is 1.83. The topological polar surface area (TPSA) is 120 Å². The number of rotatable bonds is 4. The molecule has 1 aliphatic rings. The molecule has 2 heterocycles.